The second-order valence-corrected chi connectivity index (χ2v) is 5.92. The van der Waals surface area contributed by atoms with Crippen molar-refractivity contribution in [1.82, 2.24) is 5.32 Å². The highest BCUT2D eigenvalue weighted by Gasteiger charge is 2.31. The fraction of sp³-hybridized carbons (Fsp3) is 0.462. The first-order valence-electron chi connectivity index (χ1n) is 6.10. The molecule has 3 N–H and O–H groups in total. The van der Waals surface area contributed by atoms with Gasteiger partial charge in [-0.15, -0.1) is 0 Å². The van der Waals surface area contributed by atoms with Gasteiger partial charge in [0.05, 0.1) is 11.3 Å². The number of carbonyl (C=O) groups is 1. The molecule has 4 nitrogen and oxygen atoms in total. The summed E-state index contributed by atoms with van der Waals surface area (Å²) in [6, 6.07) is 4.09. The van der Waals surface area contributed by atoms with Crippen molar-refractivity contribution in [3.8, 4) is 0 Å². The fourth-order valence-corrected chi connectivity index (χ4v) is 3.16. The smallest absolute Gasteiger partial charge is 0.319 e. The third-order valence-electron chi connectivity index (χ3n) is 3.03. The second kappa shape index (κ2) is 5.79. The van der Waals surface area contributed by atoms with Crippen LogP contribution in [0.4, 0.5) is 14.9 Å². The van der Waals surface area contributed by atoms with Gasteiger partial charge in [0.25, 0.3) is 0 Å². The predicted octanol–water partition coefficient (Wildman–Crippen LogP) is 2.12. The van der Waals surface area contributed by atoms with E-state index >= 15 is 0 Å². The van der Waals surface area contributed by atoms with E-state index in [0.717, 1.165) is 11.3 Å². The molecule has 1 aliphatic rings. The van der Waals surface area contributed by atoms with Crippen LogP contribution in [0.5, 0.6) is 0 Å². The molecule has 1 unspecified atom stereocenters. The lowest BCUT2D eigenvalue weighted by Crippen LogP contribution is -2.44. The number of rotatable bonds is 3. The summed E-state index contributed by atoms with van der Waals surface area (Å²) in [6.07, 6.45) is 0.664. The summed E-state index contributed by atoms with van der Waals surface area (Å²) in [5.74, 6) is 1.05. The standard InChI is InChI=1S/C13H17FN2O2S/c1-9-2-3-11(10(14)6-9)16-12(17)15-7-13(18)4-5-19-8-13/h2-3,6,18H,4-5,7-8H2,1H3,(H2,15,16,17). The average molecular weight is 284 g/mol. The average Bonchev–Trinajstić information content (AvgIpc) is 2.78. The molecule has 2 amide bonds. The molecule has 0 aromatic heterocycles. The molecule has 0 aliphatic carbocycles. The van der Waals surface area contributed by atoms with E-state index in [9.17, 15) is 14.3 Å². The predicted molar refractivity (Wildman–Crippen MR) is 75.1 cm³/mol. The first-order chi connectivity index (χ1) is 8.98. The molecule has 2 rings (SSSR count). The van der Waals surface area contributed by atoms with Gasteiger partial charge in [-0.1, -0.05) is 6.07 Å². The molecule has 104 valence electrons. The number of amides is 2. The number of halogens is 1. The fourth-order valence-electron chi connectivity index (χ4n) is 1.87. The number of urea groups is 1. The van der Waals surface area contributed by atoms with E-state index in [-0.39, 0.29) is 12.2 Å². The molecule has 1 saturated heterocycles. The monoisotopic (exact) mass is 284 g/mol. The lowest BCUT2D eigenvalue weighted by molar-refractivity contribution is 0.0706. The Hall–Kier alpha value is -1.27. The van der Waals surface area contributed by atoms with Gasteiger partial charge in [-0.2, -0.15) is 11.8 Å². The maximum absolute atomic E-state index is 13.5. The minimum Gasteiger partial charge on any atom is -0.387 e. The van der Waals surface area contributed by atoms with Gasteiger partial charge in [0.1, 0.15) is 5.82 Å². The van der Waals surface area contributed by atoms with Gasteiger partial charge in [0.2, 0.25) is 0 Å². The minimum atomic E-state index is -0.839. The molecule has 19 heavy (non-hydrogen) atoms. The van der Waals surface area contributed by atoms with Crippen LogP contribution in [0, 0.1) is 12.7 Å². The normalized spacial score (nSPS) is 22.3. The maximum atomic E-state index is 13.5. The Labute approximate surface area is 115 Å². The van der Waals surface area contributed by atoms with Gasteiger partial charge in [0, 0.05) is 12.3 Å². The van der Waals surface area contributed by atoms with Crippen molar-refractivity contribution >= 4 is 23.5 Å². The van der Waals surface area contributed by atoms with E-state index in [4.69, 9.17) is 0 Å². The van der Waals surface area contributed by atoms with Gasteiger partial charge in [-0.3, -0.25) is 0 Å². The van der Waals surface area contributed by atoms with Crippen molar-refractivity contribution in [2.75, 3.05) is 23.4 Å². The number of aryl methyl sites for hydroxylation is 1. The van der Waals surface area contributed by atoms with Crippen molar-refractivity contribution < 1.29 is 14.3 Å². The Morgan fingerprint density at radius 2 is 2.37 bits per heavy atom. The molecule has 0 radical (unpaired) electrons. The highest BCUT2D eigenvalue weighted by Crippen LogP contribution is 2.27. The molecule has 1 aromatic carbocycles. The van der Waals surface area contributed by atoms with Gasteiger partial charge < -0.3 is 15.7 Å². The zero-order chi connectivity index (χ0) is 13.9. The topological polar surface area (TPSA) is 61.4 Å². The van der Waals surface area contributed by atoms with Crippen LogP contribution in [0.3, 0.4) is 0 Å². The number of hydrogen-bond acceptors (Lipinski definition) is 3. The molecule has 1 aliphatic heterocycles. The maximum Gasteiger partial charge on any atom is 0.319 e. The lowest BCUT2D eigenvalue weighted by atomic mass is 10.0. The van der Waals surface area contributed by atoms with Crippen LogP contribution in [0.25, 0.3) is 0 Å². The Morgan fingerprint density at radius 3 is 3.00 bits per heavy atom. The second-order valence-electron chi connectivity index (χ2n) is 4.82. The number of hydrogen-bond donors (Lipinski definition) is 3. The van der Waals surface area contributed by atoms with Crippen LogP contribution in [0.2, 0.25) is 0 Å². The Kier molecular flexibility index (Phi) is 4.31. The van der Waals surface area contributed by atoms with E-state index in [0.29, 0.717) is 12.2 Å². The van der Waals surface area contributed by atoms with Crippen molar-refractivity contribution in [3.05, 3.63) is 29.6 Å². The summed E-state index contributed by atoms with van der Waals surface area (Å²) in [5, 5.41) is 15.1. The number of benzene rings is 1. The zero-order valence-corrected chi connectivity index (χ0v) is 11.5. The van der Waals surface area contributed by atoms with Gasteiger partial charge in [-0.05, 0) is 36.8 Å². The van der Waals surface area contributed by atoms with Crippen molar-refractivity contribution in [2.45, 2.75) is 18.9 Å². The van der Waals surface area contributed by atoms with Crippen LogP contribution in [-0.4, -0.2) is 34.8 Å². The molecular weight excluding hydrogens is 267 g/mol. The molecule has 1 fully saturated rings. The number of thioether (sulfide) groups is 1. The molecule has 6 heteroatoms. The molecule has 1 aromatic rings. The van der Waals surface area contributed by atoms with E-state index in [1.54, 1.807) is 24.8 Å². The number of carbonyl (C=O) groups excluding carboxylic acids is 1. The molecule has 0 spiro atoms. The lowest BCUT2D eigenvalue weighted by Gasteiger charge is -2.21. The van der Waals surface area contributed by atoms with E-state index in [1.165, 1.54) is 12.1 Å². The van der Waals surface area contributed by atoms with Crippen LogP contribution in [-0.2, 0) is 0 Å². The van der Waals surface area contributed by atoms with Crippen LogP contribution < -0.4 is 10.6 Å². The third-order valence-corrected chi connectivity index (χ3v) is 4.27. The summed E-state index contributed by atoms with van der Waals surface area (Å²) in [6.45, 7) is 1.96. The van der Waals surface area contributed by atoms with Crippen LogP contribution >= 0.6 is 11.8 Å². The molecule has 0 bridgehead atoms. The van der Waals surface area contributed by atoms with Crippen LogP contribution in [0.1, 0.15) is 12.0 Å². The summed E-state index contributed by atoms with van der Waals surface area (Å²) >= 11 is 1.66. The molecule has 1 heterocycles. The van der Waals surface area contributed by atoms with E-state index in [1.807, 2.05) is 0 Å². The largest absolute Gasteiger partial charge is 0.387 e. The molecule has 1 atom stereocenters. The number of nitrogens with one attached hydrogen (secondary N) is 2. The summed E-state index contributed by atoms with van der Waals surface area (Å²) in [5.41, 5.74) is 0.0880. The van der Waals surface area contributed by atoms with Crippen LogP contribution in [0.15, 0.2) is 18.2 Å². The SMILES string of the molecule is Cc1ccc(NC(=O)NCC2(O)CCSC2)c(F)c1. The summed E-state index contributed by atoms with van der Waals surface area (Å²) in [4.78, 5) is 11.6. The first-order valence-corrected chi connectivity index (χ1v) is 7.25. The van der Waals surface area contributed by atoms with Gasteiger partial charge in [-0.25, -0.2) is 9.18 Å². The zero-order valence-electron chi connectivity index (χ0n) is 10.7. The third kappa shape index (κ3) is 3.84. The van der Waals surface area contributed by atoms with Crippen molar-refractivity contribution in [2.24, 2.45) is 0 Å². The molecular formula is C13H17FN2O2S. The Bertz CT molecular complexity index is 476. The minimum absolute atomic E-state index is 0.135. The number of aliphatic hydroxyl groups is 1. The Morgan fingerprint density at radius 1 is 1.58 bits per heavy atom. The van der Waals surface area contributed by atoms with Crippen molar-refractivity contribution in [3.63, 3.8) is 0 Å². The summed E-state index contributed by atoms with van der Waals surface area (Å²) < 4.78 is 13.5. The van der Waals surface area contributed by atoms with E-state index < -0.39 is 17.4 Å². The number of anilines is 1. The Balaban J connectivity index is 1.87. The van der Waals surface area contributed by atoms with E-state index in [2.05, 4.69) is 10.6 Å². The highest BCUT2D eigenvalue weighted by molar-refractivity contribution is 7.99. The van der Waals surface area contributed by atoms with Gasteiger partial charge in [0.15, 0.2) is 0 Å². The van der Waals surface area contributed by atoms with Crippen molar-refractivity contribution in [1.29, 1.82) is 0 Å². The quantitative estimate of drug-likeness (QED) is 0.797. The first kappa shape index (κ1) is 14.1. The van der Waals surface area contributed by atoms with Gasteiger partial charge >= 0.3 is 6.03 Å². The molecule has 0 saturated carbocycles. The summed E-state index contributed by atoms with van der Waals surface area (Å²) in [7, 11) is 0. The highest BCUT2D eigenvalue weighted by atomic mass is 32.2.